The number of benzene rings is 3. The first-order valence-electron chi connectivity index (χ1n) is 9.53. The van der Waals surface area contributed by atoms with Gasteiger partial charge in [-0.2, -0.15) is 5.10 Å². The number of nitro groups is 1. The van der Waals surface area contributed by atoms with E-state index in [1.54, 1.807) is 12.1 Å². The van der Waals surface area contributed by atoms with Gasteiger partial charge in [0.05, 0.1) is 16.7 Å². The molecule has 0 fully saturated rings. The second-order valence-corrected chi connectivity index (χ2v) is 7.37. The molecule has 0 spiro atoms. The number of non-ortho nitro benzene ring substituents is 1. The quantitative estimate of drug-likeness (QED) is 0.462. The van der Waals surface area contributed by atoms with Crippen molar-refractivity contribution in [2.45, 2.75) is 25.6 Å². The largest absolute Gasteiger partial charge is 0.464 e. The molecule has 0 aromatic heterocycles. The number of ether oxygens (including phenoxy) is 1. The summed E-state index contributed by atoms with van der Waals surface area (Å²) in [5.41, 5.74) is 5.12. The van der Waals surface area contributed by atoms with Crippen molar-refractivity contribution in [3.05, 3.63) is 105 Å². The van der Waals surface area contributed by atoms with Gasteiger partial charge in [0, 0.05) is 29.7 Å². The second-order valence-electron chi connectivity index (χ2n) is 7.37. The number of hydrazone groups is 1. The number of hydrogen-bond donors (Lipinski definition) is 0. The van der Waals surface area contributed by atoms with Gasteiger partial charge in [-0.15, -0.1) is 0 Å². The third-order valence-electron chi connectivity index (χ3n) is 5.45. The van der Waals surface area contributed by atoms with E-state index in [1.165, 1.54) is 11.6 Å². The van der Waals surface area contributed by atoms with Gasteiger partial charge in [0.25, 0.3) is 5.69 Å². The molecule has 2 aliphatic rings. The monoisotopic (exact) mass is 385 g/mol. The van der Waals surface area contributed by atoms with Crippen LogP contribution in [-0.4, -0.2) is 15.6 Å². The zero-order valence-corrected chi connectivity index (χ0v) is 15.9. The lowest BCUT2D eigenvalue weighted by Crippen LogP contribution is -2.33. The van der Waals surface area contributed by atoms with Crippen LogP contribution in [0.25, 0.3) is 0 Å². The molecule has 0 radical (unpaired) electrons. The first kappa shape index (κ1) is 17.4. The van der Waals surface area contributed by atoms with Gasteiger partial charge < -0.3 is 4.74 Å². The number of rotatable bonds is 3. The van der Waals surface area contributed by atoms with Crippen molar-refractivity contribution in [3.8, 4) is 5.75 Å². The summed E-state index contributed by atoms with van der Waals surface area (Å²) in [6, 6.07) is 22.9. The summed E-state index contributed by atoms with van der Waals surface area (Å²) in [4.78, 5) is 10.9. The van der Waals surface area contributed by atoms with Crippen LogP contribution in [-0.2, 0) is 0 Å². The fourth-order valence-electron chi connectivity index (χ4n) is 3.97. The highest BCUT2D eigenvalue weighted by Crippen LogP contribution is 2.47. The van der Waals surface area contributed by atoms with Crippen LogP contribution in [0, 0.1) is 17.0 Å². The van der Waals surface area contributed by atoms with Crippen molar-refractivity contribution in [3.63, 3.8) is 0 Å². The molecule has 5 rings (SSSR count). The maximum Gasteiger partial charge on any atom is 0.269 e. The predicted molar refractivity (Wildman–Crippen MR) is 110 cm³/mol. The first-order valence-corrected chi connectivity index (χ1v) is 9.53. The lowest BCUT2D eigenvalue weighted by atomic mass is 9.95. The summed E-state index contributed by atoms with van der Waals surface area (Å²) in [6.07, 6.45) is 0.243. The first-order chi connectivity index (χ1) is 14.1. The fourth-order valence-corrected chi connectivity index (χ4v) is 3.97. The lowest BCUT2D eigenvalue weighted by Gasteiger charge is -2.38. The molecule has 6 heteroatoms. The Kier molecular flexibility index (Phi) is 4.05. The minimum atomic E-state index is -0.516. The normalized spacial score (nSPS) is 19.8. The van der Waals surface area contributed by atoms with Crippen molar-refractivity contribution >= 4 is 11.4 Å². The van der Waals surface area contributed by atoms with Gasteiger partial charge >= 0.3 is 0 Å². The Labute approximate surface area is 168 Å². The van der Waals surface area contributed by atoms with Crippen LogP contribution >= 0.6 is 0 Å². The van der Waals surface area contributed by atoms with Crippen molar-refractivity contribution < 1.29 is 9.66 Å². The number of fused-ring (bicyclic) bond motifs is 3. The smallest absolute Gasteiger partial charge is 0.269 e. The molecule has 0 saturated carbocycles. The molecule has 0 unspecified atom stereocenters. The molecule has 2 aliphatic heterocycles. The Morgan fingerprint density at radius 1 is 1.07 bits per heavy atom. The number of hydrogen-bond acceptors (Lipinski definition) is 5. The van der Waals surface area contributed by atoms with E-state index in [-0.39, 0.29) is 16.7 Å². The Morgan fingerprint density at radius 3 is 2.66 bits per heavy atom. The van der Waals surface area contributed by atoms with Crippen molar-refractivity contribution in [2.24, 2.45) is 5.10 Å². The summed E-state index contributed by atoms with van der Waals surface area (Å²) in [5.74, 6) is 0.797. The molecule has 2 heterocycles. The van der Waals surface area contributed by atoms with Crippen molar-refractivity contribution in [1.82, 2.24) is 5.01 Å². The van der Waals surface area contributed by atoms with Crippen molar-refractivity contribution in [1.29, 1.82) is 0 Å². The summed E-state index contributed by atoms with van der Waals surface area (Å²) in [6.45, 7) is 2.06. The lowest BCUT2D eigenvalue weighted by molar-refractivity contribution is -0.385. The standard InChI is InChI=1S/C23H19N3O3/c1-15-9-11-16(12-10-15)20-14-21-19-7-2-3-8-22(19)29-23(25(21)24-20)17-5-4-6-18(13-17)26(27)28/h2-13,21,23H,14H2,1H3/t21-,23+/m1/s1. The SMILES string of the molecule is Cc1ccc(C2=NN3[C@H](C2)c2ccccc2O[C@H]3c2cccc([N+](=O)[O-])c2)cc1. The van der Waals surface area contributed by atoms with Gasteiger partial charge in [0.1, 0.15) is 5.75 Å². The minimum absolute atomic E-state index is 0.0283. The van der Waals surface area contributed by atoms with E-state index >= 15 is 0 Å². The summed E-state index contributed by atoms with van der Waals surface area (Å²) < 4.78 is 6.27. The summed E-state index contributed by atoms with van der Waals surface area (Å²) in [5, 5.41) is 18.1. The third kappa shape index (κ3) is 3.02. The van der Waals surface area contributed by atoms with Crippen LogP contribution < -0.4 is 4.74 Å². The van der Waals surface area contributed by atoms with E-state index in [9.17, 15) is 10.1 Å². The number of nitrogens with zero attached hydrogens (tertiary/aromatic N) is 3. The summed E-state index contributed by atoms with van der Waals surface area (Å²) >= 11 is 0. The highest BCUT2D eigenvalue weighted by atomic mass is 16.6. The van der Waals surface area contributed by atoms with Crippen LogP contribution in [0.15, 0.2) is 77.9 Å². The maximum atomic E-state index is 11.3. The zero-order valence-electron chi connectivity index (χ0n) is 15.9. The molecule has 0 saturated heterocycles. The molecule has 3 aromatic rings. The van der Waals surface area contributed by atoms with E-state index in [0.717, 1.165) is 29.0 Å². The van der Waals surface area contributed by atoms with Gasteiger partial charge in [0.2, 0.25) is 6.23 Å². The van der Waals surface area contributed by atoms with Crippen LogP contribution in [0.5, 0.6) is 5.75 Å². The van der Waals surface area contributed by atoms with Crippen LogP contribution in [0.1, 0.15) is 40.9 Å². The van der Waals surface area contributed by atoms with Crippen LogP contribution in [0.2, 0.25) is 0 Å². The van der Waals surface area contributed by atoms with E-state index in [0.29, 0.717) is 5.56 Å². The Balaban J connectivity index is 1.59. The highest BCUT2D eigenvalue weighted by molar-refractivity contribution is 6.02. The van der Waals surface area contributed by atoms with Gasteiger partial charge in [0.15, 0.2) is 0 Å². The van der Waals surface area contributed by atoms with Gasteiger partial charge in [-0.1, -0.05) is 60.2 Å². The maximum absolute atomic E-state index is 11.3. The van der Waals surface area contributed by atoms with Gasteiger partial charge in [-0.25, -0.2) is 5.01 Å². The second kappa shape index (κ2) is 6.74. The molecule has 0 bridgehead atoms. The highest BCUT2D eigenvalue weighted by Gasteiger charge is 2.41. The molecule has 6 nitrogen and oxygen atoms in total. The summed E-state index contributed by atoms with van der Waals surface area (Å²) in [7, 11) is 0. The predicted octanol–water partition coefficient (Wildman–Crippen LogP) is 5.15. The number of aryl methyl sites for hydroxylation is 1. The molecule has 0 aliphatic carbocycles. The van der Waals surface area contributed by atoms with E-state index in [2.05, 4.69) is 37.3 Å². The molecule has 3 aromatic carbocycles. The number of para-hydroxylation sites is 1. The Hall–Kier alpha value is -3.67. The third-order valence-corrected chi connectivity index (χ3v) is 5.45. The molecular formula is C23H19N3O3. The Bertz CT molecular complexity index is 1120. The zero-order chi connectivity index (χ0) is 20.0. The number of nitro benzene ring substituents is 1. The fraction of sp³-hybridized carbons (Fsp3) is 0.174. The molecule has 0 N–H and O–H groups in total. The van der Waals surface area contributed by atoms with E-state index in [4.69, 9.17) is 9.84 Å². The average molecular weight is 385 g/mol. The molecular weight excluding hydrogens is 366 g/mol. The minimum Gasteiger partial charge on any atom is -0.464 e. The van der Waals surface area contributed by atoms with Crippen molar-refractivity contribution in [2.75, 3.05) is 0 Å². The molecule has 2 atom stereocenters. The van der Waals surface area contributed by atoms with E-state index in [1.807, 2.05) is 29.3 Å². The molecule has 0 amide bonds. The van der Waals surface area contributed by atoms with Gasteiger partial charge in [-0.05, 0) is 18.6 Å². The Morgan fingerprint density at radius 2 is 1.86 bits per heavy atom. The molecule has 29 heavy (non-hydrogen) atoms. The van der Waals surface area contributed by atoms with E-state index < -0.39 is 6.23 Å². The topological polar surface area (TPSA) is 68.0 Å². The van der Waals surface area contributed by atoms with Crippen LogP contribution in [0.3, 0.4) is 0 Å². The average Bonchev–Trinajstić information content (AvgIpc) is 3.19. The van der Waals surface area contributed by atoms with Gasteiger partial charge in [-0.3, -0.25) is 10.1 Å². The molecule has 144 valence electrons. The van der Waals surface area contributed by atoms with Crippen LogP contribution in [0.4, 0.5) is 5.69 Å².